The van der Waals surface area contributed by atoms with Crippen LogP contribution in [0.4, 0.5) is 0 Å². The maximum Gasteiger partial charge on any atom is 0.221 e. The molecule has 3 nitrogen and oxygen atoms in total. The van der Waals surface area contributed by atoms with Crippen molar-refractivity contribution < 1.29 is 9.53 Å². The lowest BCUT2D eigenvalue weighted by Crippen LogP contribution is -2.23. The number of aryl methyl sites for hydroxylation is 1. The Hall–Kier alpha value is -2.44. The van der Waals surface area contributed by atoms with Crippen molar-refractivity contribution in [2.24, 2.45) is 0 Å². The Morgan fingerprint density at radius 3 is 2.61 bits per heavy atom. The third kappa shape index (κ3) is 5.69. The monoisotopic (exact) mass is 327 g/mol. The summed E-state index contributed by atoms with van der Waals surface area (Å²) in [7, 11) is 1.63. The van der Waals surface area contributed by atoms with E-state index in [9.17, 15) is 4.79 Å². The quantitative estimate of drug-likeness (QED) is 0.854. The minimum Gasteiger partial charge on any atom is -0.497 e. The maximum absolute atomic E-state index is 11.8. The van der Waals surface area contributed by atoms with Gasteiger partial charge in [-0.2, -0.15) is 0 Å². The van der Waals surface area contributed by atoms with Crippen molar-refractivity contribution in [3.05, 3.63) is 64.7 Å². The fraction of sp³-hybridized carbons (Fsp3) is 0.211. The highest BCUT2D eigenvalue weighted by molar-refractivity contribution is 6.31. The highest BCUT2D eigenvalue weighted by Crippen LogP contribution is 2.13. The summed E-state index contributed by atoms with van der Waals surface area (Å²) < 4.78 is 5.10. The van der Waals surface area contributed by atoms with Crippen LogP contribution in [0, 0.1) is 11.8 Å². The van der Waals surface area contributed by atoms with E-state index in [1.54, 1.807) is 13.2 Å². The fourth-order valence-corrected chi connectivity index (χ4v) is 2.17. The molecule has 0 aliphatic heterocycles. The van der Waals surface area contributed by atoms with Crippen LogP contribution >= 0.6 is 11.6 Å². The molecule has 0 saturated carbocycles. The number of carbonyl (C=O) groups is 1. The van der Waals surface area contributed by atoms with Crippen molar-refractivity contribution in [1.29, 1.82) is 0 Å². The van der Waals surface area contributed by atoms with E-state index >= 15 is 0 Å². The molecule has 0 bridgehead atoms. The van der Waals surface area contributed by atoms with Gasteiger partial charge in [0.05, 0.1) is 18.7 Å². The summed E-state index contributed by atoms with van der Waals surface area (Å²) in [6, 6.07) is 15.1. The van der Waals surface area contributed by atoms with Gasteiger partial charge in [0.1, 0.15) is 5.75 Å². The molecule has 0 aromatic heterocycles. The zero-order valence-corrected chi connectivity index (χ0v) is 13.7. The van der Waals surface area contributed by atoms with Crippen LogP contribution in [0.3, 0.4) is 0 Å². The molecule has 0 radical (unpaired) electrons. The summed E-state index contributed by atoms with van der Waals surface area (Å²) in [5.74, 6) is 6.64. The van der Waals surface area contributed by atoms with Gasteiger partial charge in [-0.15, -0.1) is 0 Å². The SMILES string of the molecule is COc1ccc(CCC(=O)NCC#Cc2ccccc2Cl)cc1. The Balaban J connectivity index is 1.74. The number of benzene rings is 2. The van der Waals surface area contributed by atoms with Gasteiger partial charge >= 0.3 is 0 Å². The number of hydrogen-bond donors (Lipinski definition) is 1. The summed E-state index contributed by atoms with van der Waals surface area (Å²) in [4.78, 5) is 11.8. The lowest BCUT2D eigenvalue weighted by Gasteiger charge is -2.04. The predicted molar refractivity (Wildman–Crippen MR) is 92.7 cm³/mol. The molecule has 0 saturated heterocycles. The fourth-order valence-electron chi connectivity index (χ4n) is 1.98. The molecule has 1 N–H and O–H groups in total. The number of nitrogens with one attached hydrogen (secondary N) is 1. The molecular weight excluding hydrogens is 310 g/mol. The number of halogens is 1. The summed E-state index contributed by atoms with van der Waals surface area (Å²) in [5.41, 5.74) is 1.87. The average molecular weight is 328 g/mol. The van der Waals surface area contributed by atoms with Gasteiger partial charge in [-0.25, -0.2) is 0 Å². The molecule has 23 heavy (non-hydrogen) atoms. The van der Waals surface area contributed by atoms with Gasteiger partial charge in [0.15, 0.2) is 0 Å². The number of methoxy groups -OCH3 is 1. The van der Waals surface area contributed by atoms with Crippen LogP contribution in [0.25, 0.3) is 0 Å². The summed E-state index contributed by atoms with van der Waals surface area (Å²) in [6.45, 7) is 0.312. The molecule has 0 fully saturated rings. The average Bonchev–Trinajstić information content (AvgIpc) is 2.59. The Morgan fingerprint density at radius 2 is 1.91 bits per heavy atom. The molecule has 2 rings (SSSR count). The van der Waals surface area contributed by atoms with E-state index in [0.717, 1.165) is 16.9 Å². The first kappa shape index (κ1) is 16.9. The molecule has 4 heteroatoms. The number of hydrogen-bond acceptors (Lipinski definition) is 2. The molecule has 2 aromatic rings. The highest BCUT2D eigenvalue weighted by atomic mass is 35.5. The van der Waals surface area contributed by atoms with Crippen LogP contribution in [0.5, 0.6) is 5.75 Å². The van der Waals surface area contributed by atoms with Crippen molar-refractivity contribution in [3.8, 4) is 17.6 Å². The number of rotatable bonds is 5. The van der Waals surface area contributed by atoms with E-state index in [1.165, 1.54) is 0 Å². The summed E-state index contributed by atoms with van der Waals surface area (Å²) in [5, 5.41) is 3.40. The van der Waals surface area contributed by atoms with Gasteiger partial charge < -0.3 is 10.1 Å². The number of carbonyl (C=O) groups excluding carboxylic acids is 1. The van der Waals surface area contributed by atoms with Gasteiger partial charge in [-0.05, 0) is 36.2 Å². The predicted octanol–water partition coefficient (Wildman–Crippen LogP) is 3.45. The van der Waals surface area contributed by atoms with Crippen molar-refractivity contribution in [2.75, 3.05) is 13.7 Å². The second-order valence-corrected chi connectivity index (χ2v) is 5.31. The van der Waals surface area contributed by atoms with Crippen molar-refractivity contribution in [2.45, 2.75) is 12.8 Å². The highest BCUT2D eigenvalue weighted by Gasteiger charge is 2.01. The van der Waals surface area contributed by atoms with Crippen LogP contribution in [-0.2, 0) is 11.2 Å². The topological polar surface area (TPSA) is 38.3 Å². The first-order valence-electron chi connectivity index (χ1n) is 7.32. The van der Waals surface area contributed by atoms with Crippen LogP contribution < -0.4 is 10.1 Å². The Bertz CT molecular complexity index is 714. The second-order valence-electron chi connectivity index (χ2n) is 4.91. The first-order valence-corrected chi connectivity index (χ1v) is 7.70. The van der Waals surface area contributed by atoms with Crippen LogP contribution in [0.2, 0.25) is 5.02 Å². The van der Waals surface area contributed by atoms with E-state index in [-0.39, 0.29) is 5.91 Å². The summed E-state index contributed by atoms with van der Waals surface area (Å²) >= 11 is 6.01. The van der Waals surface area contributed by atoms with Crippen molar-refractivity contribution >= 4 is 17.5 Å². The maximum atomic E-state index is 11.8. The first-order chi connectivity index (χ1) is 11.2. The lowest BCUT2D eigenvalue weighted by molar-refractivity contribution is -0.120. The van der Waals surface area contributed by atoms with E-state index in [1.807, 2.05) is 42.5 Å². The van der Waals surface area contributed by atoms with E-state index in [0.29, 0.717) is 24.4 Å². The number of ether oxygens (including phenoxy) is 1. The second kappa shape index (κ2) is 8.87. The standard InChI is InChI=1S/C19H18ClNO2/c1-23-17-11-8-15(9-12-17)10-13-19(22)21-14-4-6-16-5-2-3-7-18(16)20/h2-3,5,7-9,11-12H,10,13-14H2,1H3,(H,21,22). The molecule has 1 amide bonds. The third-order valence-corrected chi connectivity index (χ3v) is 3.60. The Kier molecular flexibility index (Phi) is 6.53. The largest absolute Gasteiger partial charge is 0.497 e. The molecule has 0 heterocycles. The van der Waals surface area contributed by atoms with Gasteiger partial charge in [0.25, 0.3) is 0 Å². The molecule has 118 valence electrons. The van der Waals surface area contributed by atoms with Gasteiger partial charge in [-0.3, -0.25) is 4.79 Å². The molecule has 0 aliphatic rings. The lowest BCUT2D eigenvalue weighted by atomic mass is 10.1. The minimum absolute atomic E-state index is 0.0192. The van der Waals surface area contributed by atoms with Gasteiger partial charge in [-0.1, -0.05) is 47.7 Å². The molecule has 0 aliphatic carbocycles. The van der Waals surface area contributed by atoms with Gasteiger partial charge in [0, 0.05) is 12.0 Å². The molecule has 2 aromatic carbocycles. The van der Waals surface area contributed by atoms with E-state index in [2.05, 4.69) is 17.2 Å². The number of amides is 1. The molecule has 0 spiro atoms. The zero-order valence-electron chi connectivity index (χ0n) is 12.9. The third-order valence-electron chi connectivity index (χ3n) is 3.27. The van der Waals surface area contributed by atoms with E-state index < -0.39 is 0 Å². The van der Waals surface area contributed by atoms with Crippen molar-refractivity contribution in [1.82, 2.24) is 5.32 Å². The Morgan fingerprint density at radius 1 is 1.17 bits per heavy atom. The smallest absolute Gasteiger partial charge is 0.221 e. The zero-order chi connectivity index (χ0) is 16.5. The van der Waals surface area contributed by atoms with Crippen molar-refractivity contribution in [3.63, 3.8) is 0 Å². The minimum atomic E-state index is -0.0192. The van der Waals surface area contributed by atoms with Crippen LogP contribution in [0.15, 0.2) is 48.5 Å². The summed E-state index contributed by atoms with van der Waals surface area (Å²) in [6.07, 6.45) is 1.12. The molecular formula is C19H18ClNO2. The molecule has 0 atom stereocenters. The van der Waals surface area contributed by atoms with E-state index in [4.69, 9.17) is 16.3 Å². The van der Waals surface area contributed by atoms with Gasteiger partial charge in [0.2, 0.25) is 5.91 Å². The van der Waals surface area contributed by atoms with Crippen LogP contribution in [0.1, 0.15) is 17.5 Å². The molecule has 0 unspecified atom stereocenters. The normalized spacial score (nSPS) is 9.65. The Labute approximate surface area is 141 Å². The van der Waals surface area contributed by atoms with Crippen LogP contribution in [-0.4, -0.2) is 19.6 Å².